The van der Waals surface area contributed by atoms with Gasteiger partial charge in [-0.25, -0.2) is 13.6 Å². The monoisotopic (exact) mass is 291 g/mol. The summed E-state index contributed by atoms with van der Waals surface area (Å²) in [6, 6.07) is -0.344. The Morgan fingerprint density at radius 1 is 1.42 bits per heavy atom. The Kier molecular flexibility index (Phi) is 4.97. The molecule has 0 radical (unpaired) electrons. The van der Waals surface area contributed by atoms with Gasteiger partial charge in [0.2, 0.25) is 15.9 Å². The average molecular weight is 291 g/mol. The second-order valence-corrected chi connectivity index (χ2v) is 8.11. The molecule has 1 aliphatic heterocycles. The molecular formula is C12H25N3O3S. The Bertz CT molecular complexity index is 428. The molecule has 0 aliphatic carbocycles. The summed E-state index contributed by atoms with van der Waals surface area (Å²) in [4.78, 5) is 14.0. The van der Waals surface area contributed by atoms with E-state index < -0.39 is 15.3 Å². The number of hydrogen-bond donors (Lipinski definition) is 2. The Hall–Kier alpha value is -0.660. The topological polar surface area (TPSA) is 92.5 Å². The first kappa shape index (κ1) is 16.4. The van der Waals surface area contributed by atoms with Crippen molar-refractivity contribution in [1.29, 1.82) is 0 Å². The van der Waals surface area contributed by atoms with Crippen LogP contribution in [0, 0.1) is 0 Å². The van der Waals surface area contributed by atoms with E-state index in [1.165, 1.54) is 0 Å². The zero-order chi connectivity index (χ0) is 14.8. The summed E-state index contributed by atoms with van der Waals surface area (Å²) < 4.78 is 22.8. The maximum atomic E-state index is 12.1. The predicted octanol–water partition coefficient (Wildman–Crippen LogP) is 0.0425. The molecule has 0 unspecified atom stereocenters. The second-order valence-electron chi connectivity index (χ2n) is 6.26. The minimum Gasteiger partial charge on any atom is -0.350 e. The molecule has 7 heteroatoms. The molecule has 1 aliphatic rings. The zero-order valence-corrected chi connectivity index (χ0v) is 13.0. The normalized spacial score (nSPS) is 23.9. The number of nitrogens with one attached hydrogen (secondary N) is 1. The van der Waals surface area contributed by atoms with Crippen molar-refractivity contribution in [3.63, 3.8) is 0 Å². The number of primary sulfonamides is 1. The van der Waals surface area contributed by atoms with E-state index in [9.17, 15) is 13.2 Å². The van der Waals surface area contributed by atoms with Crippen LogP contribution in [0.2, 0.25) is 0 Å². The summed E-state index contributed by atoms with van der Waals surface area (Å²) in [5.74, 6) is -0.0810. The third kappa shape index (κ3) is 5.08. The third-order valence-electron chi connectivity index (χ3n) is 3.30. The van der Waals surface area contributed by atoms with Gasteiger partial charge < -0.3 is 5.32 Å². The number of rotatable bonds is 3. The van der Waals surface area contributed by atoms with E-state index >= 15 is 0 Å². The summed E-state index contributed by atoms with van der Waals surface area (Å²) in [6.07, 6.45) is 1.32. The number of piperidine rings is 1. The highest BCUT2D eigenvalue weighted by atomic mass is 32.2. The minimum atomic E-state index is -3.53. The SMILES string of the molecule is C[C@H](C(=O)NC(C)(C)C)N1CCC[C@@H](S(N)(=O)=O)C1. The number of nitrogens with zero attached hydrogens (tertiary/aromatic N) is 1. The number of nitrogens with two attached hydrogens (primary N) is 1. The Labute approximate surface area is 115 Å². The fraction of sp³-hybridized carbons (Fsp3) is 0.917. The first-order chi connectivity index (χ1) is 8.50. The van der Waals surface area contributed by atoms with Crippen molar-refractivity contribution >= 4 is 15.9 Å². The van der Waals surface area contributed by atoms with Gasteiger partial charge in [-0.2, -0.15) is 0 Å². The lowest BCUT2D eigenvalue weighted by molar-refractivity contribution is -0.127. The van der Waals surface area contributed by atoms with Crippen LogP contribution in [0.25, 0.3) is 0 Å². The maximum Gasteiger partial charge on any atom is 0.237 e. The summed E-state index contributed by atoms with van der Waals surface area (Å²) in [6.45, 7) is 8.61. The molecule has 19 heavy (non-hydrogen) atoms. The van der Waals surface area contributed by atoms with E-state index in [-0.39, 0.29) is 17.5 Å². The molecule has 1 heterocycles. The highest BCUT2D eigenvalue weighted by molar-refractivity contribution is 7.89. The molecule has 0 aromatic heterocycles. The zero-order valence-electron chi connectivity index (χ0n) is 12.1. The standard InChI is InChI=1S/C12H25N3O3S/c1-9(11(16)14-12(2,3)4)15-7-5-6-10(8-15)19(13,17)18/h9-10H,5-8H2,1-4H3,(H,14,16)(H2,13,17,18)/t9-,10-/m1/s1. The van der Waals surface area contributed by atoms with Gasteiger partial charge >= 0.3 is 0 Å². The fourth-order valence-corrected chi connectivity index (χ4v) is 3.12. The highest BCUT2D eigenvalue weighted by Gasteiger charge is 2.33. The number of amides is 1. The minimum absolute atomic E-state index is 0.0810. The van der Waals surface area contributed by atoms with Crippen molar-refractivity contribution in [3.05, 3.63) is 0 Å². The number of sulfonamides is 1. The molecule has 1 fully saturated rings. The lowest BCUT2D eigenvalue weighted by atomic mass is 10.1. The molecular weight excluding hydrogens is 266 g/mol. The molecule has 112 valence electrons. The van der Waals surface area contributed by atoms with E-state index in [4.69, 9.17) is 5.14 Å². The fourth-order valence-electron chi connectivity index (χ4n) is 2.23. The van der Waals surface area contributed by atoms with Crippen LogP contribution in [0.3, 0.4) is 0 Å². The van der Waals surface area contributed by atoms with Crippen LogP contribution in [0.5, 0.6) is 0 Å². The van der Waals surface area contributed by atoms with Gasteiger partial charge in [-0.05, 0) is 47.1 Å². The number of carbonyl (C=O) groups is 1. The van der Waals surface area contributed by atoms with Crippen LogP contribution in [-0.2, 0) is 14.8 Å². The number of likely N-dealkylation sites (tertiary alicyclic amines) is 1. The molecule has 0 spiro atoms. The van der Waals surface area contributed by atoms with Crippen molar-refractivity contribution in [2.45, 2.75) is 57.4 Å². The van der Waals surface area contributed by atoms with Crippen LogP contribution in [0.15, 0.2) is 0 Å². The largest absolute Gasteiger partial charge is 0.350 e. The van der Waals surface area contributed by atoms with Gasteiger partial charge in [0.1, 0.15) is 0 Å². The van der Waals surface area contributed by atoms with Gasteiger partial charge in [-0.15, -0.1) is 0 Å². The molecule has 1 saturated heterocycles. The van der Waals surface area contributed by atoms with E-state index in [0.717, 1.165) is 13.0 Å². The molecule has 0 aromatic rings. The second kappa shape index (κ2) is 5.76. The highest BCUT2D eigenvalue weighted by Crippen LogP contribution is 2.17. The summed E-state index contributed by atoms with van der Waals surface area (Å²) in [7, 11) is -3.53. The maximum absolute atomic E-state index is 12.1. The molecule has 0 saturated carbocycles. The Morgan fingerprint density at radius 3 is 2.47 bits per heavy atom. The quantitative estimate of drug-likeness (QED) is 0.768. The predicted molar refractivity (Wildman–Crippen MR) is 75.1 cm³/mol. The molecule has 1 rings (SSSR count). The average Bonchev–Trinajstić information content (AvgIpc) is 2.24. The number of carbonyl (C=O) groups excluding carboxylic acids is 1. The van der Waals surface area contributed by atoms with E-state index in [1.807, 2.05) is 25.7 Å². The van der Waals surface area contributed by atoms with Gasteiger partial charge in [0.15, 0.2) is 0 Å². The van der Waals surface area contributed by atoms with E-state index in [0.29, 0.717) is 13.0 Å². The van der Waals surface area contributed by atoms with Crippen LogP contribution >= 0.6 is 0 Å². The molecule has 0 aromatic carbocycles. The van der Waals surface area contributed by atoms with Crippen molar-refractivity contribution in [2.75, 3.05) is 13.1 Å². The van der Waals surface area contributed by atoms with Crippen LogP contribution in [0.4, 0.5) is 0 Å². The van der Waals surface area contributed by atoms with Gasteiger partial charge in [-0.1, -0.05) is 0 Å². The van der Waals surface area contributed by atoms with Gasteiger partial charge in [0.05, 0.1) is 11.3 Å². The van der Waals surface area contributed by atoms with Gasteiger partial charge in [-0.3, -0.25) is 9.69 Å². The number of hydrogen-bond acceptors (Lipinski definition) is 4. The van der Waals surface area contributed by atoms with Crippen molar-refractivity contribution in [3.8, 4) is 0 Å². The first-order valence-corrected chi connectivity index (χ1v) is 8.19. The van der Waals surface area contributed by atoms with Crippen molar-refractivity contribution < 1.29 is 13.2 Å². The van der Waals surface area contributed by atoms with Gasteiger partial charge in [0.25, 0.3) is 0 Å². The lowest BCUT2D eigenvalue weighted by Gasteiger charge is -2.36. The lowest BCUT2D eigenvalue weighted by Crippen LogP contribution is -2.55. The summed E-state index contributed by atoms with van der Waals surface area (Å²) in [5, 5.41) is 7.54. The van der Waals surface area contributed by atoms with E-state index in [2.05, 4.69) is 5.32 Å². The van der Waals surface area contributed by atoms with Crippen molar-refractivity contribution in [1.82, 2.24) is 10.2 Å². The Balaban J connectivity index is 2.67. The summed E-state index contributed by atoms with van der Waals surface area (Å²) in [5.41, 5.74) is -0.291. The van der Waals surface area contributed by atoms with Crippen molar-refractivity contribution in [2.24, 2.45) is 5.14 Å². The smallest absolute Gasteiger partial charge is 0.237 e. The molecule has 2 atom stereocenters. The molecule has 1 amide bonds. The van der Waals surface area contributed by atoms with Crippen LogP contribution in [-0.4, -0.2) is 49.1 Å². The van der Waals surface area contributed by atoms with Gasteiger partial charge in [0, 0.05) is 12.1 Å². The molecule has 0 bridgehead atoms. The van der Waals surface area contributed by atoms with E-state index in [1.54, 1.807) is 6.92 Å². The summed E-state index contributed by atoms with van der Waals surface area (Å²) >= 11 is 0. The third-order valence-corrected chi connectivity index (χ3v) is 4.61. The Morgan fingerprint density at radius 2 is 2.00 bits per heavy atom. The molecule has 3 N–H and O–H groups in total. The first-order valence-electron chi connectivity index (χ1n) is 6.58. The van der Waals surface area contributed by atoms with Crippen LogP contribution < -0.4 is 10.5 Å². The van der Waals surface area contributed by atoms with Crippen LogP contribution in [0.1, 0.15) is 40.5 Å². The molecule has 6 nitrogen and oxygen atoms in total.